The first-order valence-electron chi connectivity index (χ1n) is 9.97. The van der Waals surface area contributed by atoms with Crippen LogP contribution in [0.3, 0.4) is 0 Å². The van der Waals surface area contributed by atoms with Crippen LogP contribution < -0.4 is 9.64 Å². The third-order valence-corrected chi connectivity index (χ3v) is 3.86. The largest absolute Gasteiger partial charge is 0.443 e. The fraction of sp³-hybridized carbons (Fsp3) is 0.409. The molecule has 32 heavy (non-hydrogen) atoms. The van der Waals surface area contributed by atoms with Gasteiger partial charge >= 0.3 is 18.2 Å². The summed E-state index contributed by atoms with van der Waals surface area (Å²) in [6, 6.07) is 7.17. The minimum atomic E-state index is -1.01. The van der Waals surface area contributed by atoms with E-state index in [-0.39, 0.29) is 17.3 Å². The molecule has 3 rings (SSSR count). The number of rotatable bonds is 2. The number of aromatic nitrogens is 3. The molecule has 2 aromatic heterocycles. The van der Waals surface area contributed by atoms with Crippen molar-refractivity contribution in [3.63, 3.8) is 0 Å². The lowest BCUT2D eigenvalue weighted by molar-refractivity contribution is -0.132. The highest BCUT2D eigenvalue weighted by Crippen LogP contribution is 2.29. The monoisotopic (exact) mass is 442 g/mol. The average Bonchev–Trinajstić information content (AvgIpc) is 2.97. The number of hydrogen-bond donors (Lipinski definition) is 0. The van der Waals surface area contributed by atoms with Crippen molar-refractivity contribution in [1.82, 2.24) is 14.4 Å². The van der Waals surface area contributed by atoms with Gasteiger partial charge in [-0.2, -0.15) is 9.88 Å². The van der Waals surface area contributed by atoms with E-state index in [4.69, 9.17) is 14.2 Å². The summed E-state index contributed by atoms with van der Waals surface area (Å²) >= 11 is 0. The molecule has 0 bridgehead atoms. The highest BCUT2D eigenvalue weighted by Gasteiger charge is 2.36. The highest BCUT2D eigenvalue weighted by atomic mass is 16.6. The number of carbonyl (C=O) groups excluding carboxylic acids is 3. The van der Waals surface area contributed by atoms with E-state index in [2.05, 4.69) is 9.97 Å². The molecule has 0 aliphatic carbocycles. The molecule has 0 N–H and O–H groups in total. The molecule has 0 radical (unpaired) electrons. The zero-order valence-corrected chi connectivity index (χ0v) is 19.1. The maximum absolute atomic E-state index is 13.1. The molecule has 0 aliphatic rings. The first-order chi connectivity index (χ1) is 14.7. The number of benzene rings is 1. The minimum absolute atomic E-state index is 0.125. The van der Waals surface area contributed by atoms with Crippen molar-refractivity contribution in [2.24, 2.45) is 0 Å². The van der Waals surface area contributed by atoms with Crippen LogP contribution in [0.1, 0.15) is 48.5 Å². The normalized spacial score (nSPS) is 12.0. The van der Waals surface area contributed by atoms with Gasteiger partial charge < -0.3 is 14.2 Å². The molecule has 3 aromatic rings. The van der Waals surface area contributed by atoms with Gasteiger partial charge in [0.2, 0.25) is 5.88 Å². The van der Waals surface area contributed by atoms with Gasteiger partial charge in [0.25, 0.3) is 0 Å². The van der Waals surface area contributed by atoms with Gasteiger partial charge in [-0.1, -0.05) is 12.1 Å². The number of carbonyl (C=O) groups is 3. The van der Waals surface area contributed by atoms with E-state index in [1.165, 1.54) is 13.1 Å². The molecular formula is C22H26N4O6. The predicted molar refractivity (Wildman–Crippen MR) is 117 cm³/mol. The average molecular weight is 442 g/mol. The van der Waals surface area contributed by atoms with Gasteiger partial charge in [0.05, 0.1) is 17.2 Å². The summed E-state index contributed by atoms with van der Waals surface area (Å²) in [4.78, 5) is 47.2. The molecule has 170 valence electrons. The number of ether oxygens (including phenoxy) is 3. The van der Waals surface area contributed by atoms with Crippen LogP contribution in [0.5, 0.6) is 5.88 Å². The lowest BCUT2D eigenvalue weighted by atomic mass is 10.2. The molecule has 0 saturated carbocycles. The number of imidazole rings is 1. The van der Waals surface area contributed by atoms with E-state index in [9.17, 15) is 14.4 Å². The number of para-hydroxylation sites is 2. The maximum atomic E-state index is 13.1. The first kappa shape index (κ1) is 23.0. The Labute approximate surface area is 185 Å². The molecule has 0 atom stereocenters. The van der Waals surface area contributed by atoms with E-state index in [1.54, 1.807) is 64.1 Å². The summed E-state index contributed by atoms with van der Waals surface area (Å²) in [5.74, 6) is -0.933. The van der Waals surface area contributed by atoms with Crippen molar-refractivity contribution in [2.45, 2.75) is 59.7 Å². The fourth-order valence-corrected chi connectivity index (χ4v) is 2.84. The van der Waals surface area contributed by atoms with Crippen LogP contribution in [0.2, 0.25) is 0 Å². The first-order valence-corrected chi connectivity index (χ1v) is 9.97. The molecule has 0 fully saturated rings. The quantitative estimate of drug-likeness (QED) is 0.534. The Bertz CT molecular complexity index is 1170. The van der Waals surface area contributed by atoms with Crippen LogP contribution in [-0.4, -0.2) is 43.7 Å². The van der Waals surface area contributed by atoms with Crippen LogP contribution in [0.25, 0.3) is 16.7 Å². The number of hydrogen-bond acceptors (Lipinski definition) is 8. The van der Waals surface area contributed by atoms with E-state index in [0.29, 0.717) is 15.9 Å². The second-order valence-corrected chi connectivity index (χ2v) is 9.09. The Kier molecular flexibility index (Phi) is 5.82. The minimum Gasteiger partial charge on any atom is -0.443 e. The Hall–Kier alpha value is -3.69. The lowest BCUT2D eigenvalue weighted by Gasteiger charge is -2.28. The lowest BCUT2D eigenvalue weighted by Crippen LogP contribution is -2.44. The molecule has 2 heterocycles. The molecule has 10 nitrogen and oxygen atoms in total. The van der Waals surface area contributed by atoms with Crippen molar-refractivity contribution in [3.8, 4) is 5.88 Å². The summed E-state index contributed by atoms with van der Waals surface area (Å²) in [6.07, 6.45) is -0.556. The Morgan fingerprint density at radius 1 is 0.906 bits per heavy atom. The standard InChI is InChI=1S/C22H26N4O6/c1-13(27)30-16-12-25-15-11-9-8-10-14(15)23-17(25)18(24-16)26(19(28)31-21(2,3)4)20(29)32-22(5,6)7/h8-12H,1-7H3. The SMILES string of the molecule is CC(=O)Oc1cn2c(nc3ccccc32)c(N(C(=O)OC(C)(C)C)C(=O)OC(C)(C)C)n1. The van der Waals surface area contributed by atoms with Crippen LogP contribution in [-0.2, 0) is 14.3 Å². The smallest absolute Gasteiger partial charge is 0.425 e. The summed E-state index contributed by atoms with van der Waals surface area (Å²) < 4.78 is 17.6. The van der Waals surface area contributed by atoms with Gasteiger partial charge in [-0.05, 0) is 53.7 Å². The van der Waals surface area contributed by atoms with Crippen molar-refractivity contribution >= 4 is 40.7 Å². The van der Waals surface area contributed by atoms with Crippen LogP contribution in [0.15, 0.2) is 30.5 Å². The molecule has 0 unspecified atom stereocenters. The predicted octanol–water partition coefficient (Wildman–Crippen LogP) is 4.48. The second kappa shape index (κ2) is 8.10. The Morgan fingerprint density at radius 2 is 1.47 bits per heavy atom. The van der Waals surface area contributed by atoms with Crippen LogP contribution in [0.4, 0.5) is 15.4 Å². The number of imide groups is 1. The topological polar surface area (TPSA) is 112 Å². The number of anilines is 1. The van der Waals surface area contributed by atoms with Crippen molar-refractivity contribution < 1.29 is 28.6 Å². The Balaban J connectivity index is 2.28. The molecule has 0 saturated heterocycles. The third kappa shape index (κ3) is 5.13. The van der Waals surface area contributed by atoms with E-state index in [1.807, 2.05) is 6.07 Å². The van der Waals surface area contributed by atoms with Crippen molar-refractivity contribution in [3.05, 3.63) is 30.5 Å². The van der Waals surface area contributed by atoms with Crippen LogP contribution in [0, 0.1) is 0 Å². The highest BCUT2D eigenvalue weighted by molar-refractivity contribution is 6.11. The zero-order valence-electron chi connectivity index (χ0n) is 19.1. The van der Waals surface area contributed by atoms with Gasteiger partial charge in [-0.3, -0.25) is 9.20 Å². The molecule has 10 heteroatoms. The van der Waals surface area contributed by atoms with Gasteiger partial charge in [-0.15, -0.1) is 0 Å². The van der Waals surface area contributed by atoms with Crippen molar-refractivity contribution in [2.75, 3.05) is 4.90 Å². The van der Waals surface area contributed by atoms with Gasteiger partial charge in [-0.25, -0.2) is 14.6 Å². The van der Waals surface area contributed by atoms with Crippen molar-refractivity contribution in [1.29, 1.82) is 0 Å². The third-order valence-electron chi connectivity index (χ3n) is 3.86. The van der Waals surface area contributed by atoms with Gasteiger partial charge in [0.15, 0.2) is 11.5 Å². The molecule has 0 aliphatic heterocycles. The fourth-order valence-electron chi connectivity index (χ4n) is 2.84. The van der Waals surface area contributed by atoms with E-state index < -0.39 is 29.4 Å². The van der Waals surface area contributed by atoms with Gasteiger partial charge in [0.1, 0.15) is 11.2 Å². The number of nitrogens with zero attached hydrogens (tertiary/aromatic N) is 4. The summed E-state index contributed by atoms with van der Waals surface area (Å²) in [5.41, 5.74) is -0.377. The maximum Gasteiger partial charge on any atom is 0.425 e. The number of amides is 2. The van der Waals surface area contributed by atoms with E-state index in [0.717, 1.165) is 0 Å². The molecular weight excluding hydrogens is 416 g/mol. The molecule has 2 amide bonds. The summed E-state index contributed by atoms with van der Waals surface area (Å²) in [5, 5.41) is 0. The summed E-state index contributed by atoms with van der Waals surface area (Å²) in [6.45, 7) is 11.2. The summed E-state index contributed by atoms with van der Waals surface area (Å²) in [7, 11) is 0. The molecule has 0 spiro atoms. The number of fused-ring (bicyclic) bond motifs is 3. The van der Waals surface area contributed by atoms with E-state index >= 15 is 0 Å². The van der Waals surface area contributed by atoms with Gasteiger partial charge in [0, 0.05) is 6.92 Å². The number of esters is 1. The second-order valence-electron chi connectivity index (χ2n) is 9.09. The zero-order chi connectivity index (χ0) is 23.8. The van der Waals surface area contributed by atoms with Crippen LogP contribution >= 0.6 is 0 Å². The Morgan fingerprint density at radius 3 is 2.00 bits per heavy atom. The molecule has 1 aromatic carbocycles.